The fourth-order valence-corrected chi connectivity index (χ4v) is 3.47. The van der Waals surface area contributed by atoms with Gasteiger partial charge in [-0.2, -0.15) is 13.2 Å². The number of benzene rings is 1. The van der Waals surface area contributed by atoms with Crippen molar-refractivity contribution in [2.45, 2.75) is 45.9 Å². The number of hydrogen-bond donors (Lipinski definition) is 0. The number of amides is 1. The van der Waals surface area contributed by atoms with Gasteiger partial charge in [0, 0.05) is 24.6 Å². The van der Waals surface area contributed by atoms with E-state index in [-0.39, 0.29) is 42.0 Å². The molecule has 1 heterocycles. The molecule has 0 bridgehead atoms. The summed E-state index contributed by atoms with van der Waals surface area (Å²) in [6.07, 6.45) is -2.82. The van der Waals surface area contributed by atoms with Crippen molar-refractivity contribution in [3.8, 4) is 5.75 Å². The van der Waals surface area contributed by atoms with Crippen LogP contribution >= 0.6 is 0 Å². The molecule has 0 saturated heterocycles. The zero-order valence-corrected chi connectivity index (χ0v) is 17.9. The van der Waals surface area contributed by atoms with E-state index in [4.69, 9.17) is 9.47 Å². The summed E-state index contributed by atoms with van der Waals surface area (Å²) in [5.74, 6) is -3.04. The summed E-state index contributed by atoms with van der Waals surface area (Å²) < 4.78 is 54.6. The van der Waals surface area contributed by atoms with Crippen LogP contribution in [0.2, 0.25) is 0 Å². The summed E-state index contributed by atoms with van der Waals surface area (Å²) in [7, 11) is 3.60. The molecule has 170 valence electrons. The number of carbonyl (C=O) groups excluding carboxylic acids is 3. The Labute approximate surface area is 177 Å². The molecule has 1 aliphatic heterocycles. The first-order valence-electron chi connectivity index (χ1n) is 9.40. The lowest BCUT2D eigenvalue weighted by molar-refractivity contribution is -0.170. The summed E-state index contributed by atoms with van der Waals surface area (Å²) in [4.78, 5) is 36.1. The molecule has 31 heavy (non-hydrogen) atoms. The molecule has 0 N–H and O–H groups in total. The Kier molecular flexibility index (Phi) is 7.35. The number of methoxy groups -OCH3 is 2. The highest BCUT2D eigenvalue weighted by atomic mass is 19.4. The van der Waals surface area contributed by atoms with Crippen molar-refractivity contribution in [1.82, 2.24) is 0 Å². The number of fused-ring (bicyclic) bond motifs is 1. The topological polar surface area (TPSA) is 82.1 Å². The lowest BCUT2D eigenvalue weighted by Crippen LogP contribution is -2.39. The van der Waals surface area contributed by atoms with Crippen molar-refractivity contribution >= 4 is 23.5 Å². The van der Waals surface area contributed by atoms with Gasteiger partial charge in [0.25, 0.3) is 0 Å². The minimum absolute atomic E-state index is 0.0718. The molecule has 0 spiro atoms. The van der Waals surface area contributed by atoms with E-state index >= 15 is 0 Å². The first kappa shape index (κ1) is 24.2. The summed E-state index contributed by atoms with van der Waals surface area (Å²) in [5.41, 5.74) is 1.69. The van der Waals surface area contributed by atoms with Crippen LogP contribution in [0.4, 0.5) is 18.9 Å². The largest absolute Gasteiger partial charge is 0.496 e. The van der Waals surface area contributed by atoms with Crippen LogP contribution in [0.1, 0.15) is 46.8 Å². The van der Waals surface area contributed by atoms with E-state index in [2.05, 4.69) is 4.74 Å². The smallest absolute Gasteiger partial charge is 0.471 e. The van der Waals surface area contributed by atoms with E-state index in [1.54, 1.807) is 19.9 Å². The van der Waals surface area contributed by atoms with Crippen LogP contribution in [-0.2, 0) is 32.1 Å². The molecule has 1 aromatic carbocycles. The van der Waals surface area contributed by atoms with Gasteiger partial charge in [-0.25, -0.2) is 4.79 Å². The van der Waals surface area contributed by atoms with Crippen LogP contribution in [0.25, 0.3) is 0 Å². The van der Waals surface area contributed by atoms with Crippen LogP contribution in [0.5, 0.6) is 5.75 Å². The van der Waals surface area contributed by atoms with Crippen LogP contribution in [0.15, 0.2) is 11.6 Å². The molecule has 10 heteroatoms. The Balaban J connectivity index is 2.61. The number of halogens is 3. The standard InChI is InChI=1S/C21H24F3NO6/c1-11(7-9-15(26)29-4)6-8-13-17(25(3)20(28)21(22,23)24)16-14(10-31-19(16)27)12(2)18(13)30-5/h6H,7-10H2,1-5H3/b11-6+. The van der Waals surface area contributed by atoms with E-state index < -0.39 is 24.0 Å². The monoisotopic (exact) mass is 443 g/mol. The number of hydrogen-bond acceptors (Lipinski definition) is 6. The number of ether oxygens (including phenoxy) is 3. The average molecular weight is 443 g/mol. The van der Waals surface area contributed by atoms with Crippen molar-refractivity contribution in [2.24, 2.45) is 0 Å². The third kappa shape index (κ3) is 5.00. The first-order chi connectivity index (χ1) is 14.4. The van der Waals surface area contributed by atoms with Gasteiger partial charge in [-0.3, -0.25) is 9.59 Å². The second-order valence-electron chi connectivity index (χ2n) is 7.11. The average Bonchev–Trinajstić information content (AvgIpc) is 3.10. The molecule has 0 unspecified atom stereocenters. The SMILES string of the molecule is COC(=O)CC/C(C)=C/Cc1c(OC)c(C)c2c(c1N(C)C(=O)C(F)(F)F)C(=O)OC2. The number of alkyl halides is 3. The summed E-state index contributed by atoms with van der Waals surface area (Å²) >= 11 is 0. The Morgan fingerprint density at radius 2 is 1.87 bits per heavy atom. The quantitative estimate of drug-likeness (QED) is 0.473. The fraction of sp³-hybridized carbons (Fsp3) is 0.476. The van der Waals surface area contributed by atoms with E-state index in [0.29, 0.717) is 22.4 Å². The molecule has 1 aliphatic rings. The maximum Gasteiger partial charge on any atom is 0.471 e. The fourth-order valence-electron chi connectivity index (χ4n) is 3.47. The second-order valence-corrected chi connectivity index (χ2v) is 7.11. The summed E-state index contributed by atoms with van der Waals surface area (Å²) in [5, 5.41) is 0. The number of esters is 2. The molecular formula is C21H24F3NO6. The molecular weight excluding hydrogens is 419 g/mol. The number of carbonyl (C=O) groups is 3. The maximum absolute atomic E-state index is 13.2. The Hall–Kier alpha value is -3.04. The number of anilines is 1. The van der Waals surface area contributed by atoms with E-state index in [1.165, 1.54) is 14.2 Å². The number of allylic oxidation sites excluding steroid dienone is 2. The predicted octanol–water partition coefficient (Wildman–Crippen LogP) is 3.64. The summed E-state index contributed by atoms with van der Waals surface area (Å²) in [6.45, 7) is 3.31. The first-order valence-corrected chi connectivity index (χ1v) is 9.40. The Bertz CT molecular complexity index is 936. The van der Waals surface area contributed by atoms with Crippen LogP contribution < -0.4 is 9.64 Å². The van der Waals surface area contributed by atoms with Crippen LogP contribution in [0, 0.1) is 6.92 Å². The number of rotatable bonds is 7. The van der Waals surface area contributed by atoms with Gasteiger partial charge >= 0.3 is 24.0 Å². The van der Waals surface area contributed by atoms with Crippen molar-refractivity contribution in [2.75, 3.05) is 26.2 Å². The van der Waals surface area contributed by atoms with Gasteiger partial charge in [-0.05, 0) is 32.3 Å². The van der Waals surface area contributed by atoms with Crippen LogP contribution in [-0.4, -0.2) is 45.3 Å². The second kappa shape index (κ2) is 9.40. The lowest BCUT2D eigenvalue weighted by Gasteiger charge is -2.26. The van der Waals surface area contributed by atoms with Gasteiger partial charge in [-0.15, -0.1) is 0 Å². The van der Waals surface area contributed by atoms with Crippen LogP contribution in [0.3, 0.4) is 0 Å². The molecule has 0 atom stereocenters. The van der Waals surface area contributed by atoms with Gasteiger partial charge < -0.3 is 19.1 Å². The molecule has 0 aromatic heterocycles. The summed E-state index contributed by atoms with van der Waals surface area (Å²) in [6, 6.07) is 0. The van der Waals surface area contributed by atoms with E-state index in [9.17, 15) is 27.6 Å². The van der Waals surface area contributed by atoms with E-state index in [0.717, 1.165) is 12.6 Å². The minimum atomic E-state index is -5.13. The number of cyclic esters (lactones) is 1. The zero-order valence-electron chi connectivity index (χ0n) is 17.9. The highest BCUT2D eigenvalue weighted by Gasteiger charge is 2.44. The molecule has 0 fully saturated rings. The molecule has 1 aromatic rings. The molecule has 0 aliphatic carbocycles. The Morgan fingerprint density at radius 1 is 1.23 bits per heavy atom. The predicted molar refractivity (Wildman–Crippen MR) is 105 cm³/mol. The maximum atomic E-state index is 13.2. The molecule has 0 radical (unpaired) electrons. The highest BCUT2D eigenvalue weighted by molar-refractivity contribution is 6.07. The van der Waals surface area contributed by atoms with Crippen molar-refractivity contribution in [3.05, 3.63) is 33.9 Å². The van der Waals surface area contributed by atoms with Gasteiger partial charge in [0.2, 0.25) is 0 Å². The Morgan fingerprint density at radius 3 is 2.42 bits per heavy atom. The van der Waals surface area contributed by atoms with Gasteiger partial charge in [-0.1, -0.05) is 11.6 Å². The van der Waals surface area contributed by atoms with Crippen molar-refractivity contribution in [3.63, 3.8) is 0 Å². The third-order valence-electron chi connectivity index (χ3n) is 5.14. The normalized spacial score (nSPS) is 13.5. The van der Waals surface area contributed by atoms with Gasteiger partial charge in [0.05, 0.1) is 25.5 Å². The van der Waals surface area contributed by atoms with Crippen molar-refractivity contribution < 1.29 is 41.8 Å². The highest BCUT2D eigenvalue weighted by Crippen LogP contribution is 2.43. The van der Waals surface area contributed by atoms with Gasteiger partial charge in [0.1, 0.15) is 12.4 Å². The molecule has 2 rings (SSSR count). The lowest BCUT2D eigenvalue weighted by atomic mass is 9.92. The molecule has 1 amide bonds. The van der Waals surface area contributed by atoms with Crippen molar-refractivity contribution in [1.29, 1.82) is 0 Å². The third-order valence-corrected chi connectivity index (χ3v) is 5.14. The van der Waals surface area contributed by atoms with Gasteiger partial charge in [0.15, 0.2) is 0 Å². The molecule has 7 nitrogen and oxygen atoms in total. The number of nitrogens with zero attached hydrogens (tertiary/aromatic N) is 1. The zero-order chi connectivity index (χ0) is 23.5. The minimum Gasteiger partial charge on any atom is -0.496 e. The van der Waals surface area contributed by atoms with E-state index in [1.807, 2.05) is 0 Å². The molecule has 0 saturated carbocycles.